The molecule has 0 aliphatic heterocycles. The van der Waals surface area contributed by atoms with Crippen LogP contribution in [0.15, 0.2) is 60.7 Å². The summed E-state index contributed by atoms with van der Waals surface area (Å²) in [5.74, 6) is 1.64. The number of esters is 1. The molecule has 1 aliphatic rings. The molecule has 0 amide bonds. The van der Waals surface area contributed by atoms with E-state index < -0.39 is 0 Å². The maximum Gasteiger partial charge on any atom is 0.306 e. The number of imidazole rings is 1. The van der Waals surface area contributed by atoms with Crippen LogP contribution in [0.3, 0.4) is 0 Å². The van der Waals surface area contributed by atoms with Crippen molar-refractivity contribution < 1.29 is 40.1 Å². The van der Waals surface area contributed by atoms with Crippen LogP contribution in [-0.2, 0) is 35.4 Å². The molecule has 3 aromatic carbocycles. The number of carbonyl (C=O) groups is 1. The normalized spacial score (nSPS) is 13.7. The molecule has 1 N–H and O–H groups in total. The standard InChI is InChI=1S/C31H33ClN3O3.Hf/c1-4-37-30(36)16-24(21-11-13-22(14-12-21)33-18-20-9-10-20)31-34-27-15-25(26(32)17-28(27)35-31)23-7-5-6-8-29(23)38-19(2)3;/h5-8,11-15,17,19-20,24H,4,9-10,16,18H2,1-3H3,(H,34,35);/q-1;. The number of benzene rings is 3. The first-order valence-electron chi connectivity index (χ1n) is 13.3. The van der Waals surface area contributed by atoms with E-state index in [-0.39, 0.29) is 50.3 Å². The average molecular weight is 710 g/mol. The van der Waals surface area contributed by atoms with Crippen molar-refractivity contribution in [3.8, 4) is 16.9 Å². The number of ether oxygens (including phenoxy) is 2. The van der Waals surface area contributed by atoms with E-state index in [1.807, 2.05) is 81.4 Å². The summed E-state index contributed by atoms with van der Waals surface area (Å²) in [6.07, 6.45) is 2.76. The van der Waals surface area contributed by atoms with Crippen LogP contribution < -0.4 is 4.74 Å². The Kier molecular flexibility index (Phi) is 9.89. The predicted octanol–water partition coefficient (Wildman–Crippen LogP) is 8.17. The number of hydrogen-bond donors (Lipinski definition) is 1. The van der Waals surface area contributed by atoms with Crippen LogP contribution in [0, 0.1) is 5.92 Å². The monoisotopic (exact) mass is 710 g/mol. The number of nitrogens with zero attached hydrogens (tertiary/aromatic N) is 2. The SMILES string of the molecule is CCOC(=O)CC(c1ccc([N-]CC2CC2)cc1)c1nc2cc(-c3ccccc3OC(C)C)c(Cl)cc2[nH]1.[Hf]. The summed E-state index contributed by atoms with van der Waals surface area (Å²) in [5.41, 5.74) is 5.26. The van der Waals surface area contributed by atoms with E-state index >= 15 is 0 Å². The fraction of sp³-hybridized carbons (Fsp3) is 0.355. The topological polar surface area (TPSA) is 78.3 Å². The summed E-state index contributed by atoms with van der Waals surface area (Å²) in [6.45, 7) is 7.03. The van der Waals surface area contributed by atoms with Gasteiger partial charge in [-0.3, -0.25) is 4.79 Å². The third kappa shape index (κ3) is 7.31. The Morgan fingerprint density at radius 2 is 1.85 bits per heavy atom. The van der Waals surface area contributed by atoms with Crippen molar-refractivity contribution in [1.82, 2.24) is 9.97 Å². The first-order valence-corrected chi connectivity index (χ1v) is 13.7. The van der Waals surface area contributed by atoms with E-state index in [0.29, 0.717) is 17.5 Å². The minimum absolute atomic E-state index is 0. The summed E-state index contributed by atoms with van der Waals surface area (Å²) in [7, 11) is 0. The molecule has 1 fully saturated rings. The predicted molar refractivity (Wildman–Crippen MR) is 152 cm³/mol. The minimum Gasteiger partial charge on any atom is -0.684 e. The molecule has 1 saturated carbocycles. The van der Waals surface area contributed by atoms with Gasteiger partial charge in [-0.05, 0) is 44.5 Å². The molecule has 1 aromatic heterocycles. The number of rotatable bonds is 11. The van der Waals surface area contributed by atoms with Crippen molar-refractivity contribution in [2.45, 2.75) is 52.1 Å². The third-order valence-electron chi connectivity index (χ3n) is 6.66. The van der Waals surface area contributed by atoms with E-state index in [4.69, 9.17) is 31.4 Å². The van der Waals surface area contributed by atoms with Gasteiger partial charge in [0.1, 0.15) is 11.6 Å². The molecular weight excluding hydrogens is 676 g/mol. The zero-order valence-corrected chi connectivity index (χ0v) is 26.9. The van der Waals surface area contributed by atoms with Crippen molar-refractivity contribution in [2.24, 2.45) is 5.92 Å². The molecule has 0 saturated heterocycles. The number of aromatic amines is 1. The van der Waals surface area contributed by atoms with Crippen molar-refractivity contribution in [3.63, 3.8) is 0 Å². The fourth-order valence-electron chi connectivity index (χ4n) is 4.57. The van der Waals surface area contributed by atoms with Crippen molar-refractivity contribution in [1.29, 1.82) is 0 Å². The average Bonchev–Trinajstić information content (AvgIpc) is 3.64. The maximum absolute atomic E-state index is 12.6. The molecule has 0 radical (unpaired) electrons. The van der Waals surface area contributed by atoms with Gasteiger partial charge < -0.3 is 19.8 Å². The molecule has 39 heavy (non-hydrogen) atoms. The fourth-order valence-corrected chi connectivity index (χ4v) is 4.84. The van der Waals surface area contributed by atoms with Gasteiger partial charge in [-0.25, -0.2) is 4.98 Å². The van der Waals surface area contributed by atoms with Gasteiger partial charge in [0.25, 0.3) is 0 Å². The Morgan fingerprint density at radius 3 is 2.54 bits per heavy atom. The zero-order chi connectivity index (χ0) is 26.6. The third-order valence-corrected chi connectivity index (χ3v) is 6.97. The van der Waals surface area contributed by atoms with E-state index in [2.05, 4.69) is 4.98 Å². The van der Waals surface area contributed by atoms with E-state index in [0.717, 1.165) is 51.6 Å². The Bertz CT molecular complexity index is 1420. The molecule has 1 aliphatic carbocycles. The molecule has 4 aromatic rings. The Hall–Kier alpha value is -2.64. The van der Waals surface area contributed by atoms with Gasteiger partial charge in [0.05, 0.1) is 41.1 Å². The summed E-state index contributed by atoms with van der Waals surface area (Å²) in [6, 6.07) is 19.8. The second-order valence-corrected chi connectivity index (χ2v) is 10.5. The first-order chi connectivity index (χ1) is 18.4. The number of hydrogen-bond acceptors (Lipinski definition) is 4. The Balaban J connectivity index is 0.00000353. The van der Waals surface area contributed by atoms with Gasteiger partial charge in [-0.2, -0.15) is 0 Å². The van der Waals surface area contributed by atoms with Crippen molar-refractivity contribution in [2.75, 3.05) is 13.2 Å². The molecule has 0 bridgehead atoms. The van der Waals surface area contributed by atoms with Crippen LogP contribution in [0.4, 0.5) is 5.69 Å². The van der Waals surface area contributed by atoms with E-state index in [1.54, 1.807) is 0 Å². The number of fused-ring (bicyclic) bond motifs is 1. The second-order valence-electron chi connectivity index (χ2n) is 10.1. The van der Waals surface area contributed by atoms with E-state index in [9.17, 15) is 4.79 Å². The number of H-pyrrole nitrogens is 1. The molecular formula is C31H33ClHfN3O3-. The zero-order valence-electron chi connectivity index (χ0n) is 22.5. The molecule has 0 spiro atoms. The number of para-hydroxylation sites is 1. The van der Waals surface area contributed by atoms with Crippen LogP contribution >= 0.6 is 11.6 Å². The maximum atomic E-state index is 12.6. The van der Waals surface area contributed by atoms with Crippen LogP contribution in [0.1, 0.15) is 57.3 Å². The number of halogens is 1. The van der Waals surface area contributed by atoms with Gasteiger partial charge in [-0.15, -0.1) is 12.2 Å². The molecule has 5 rings (SSSR count). The molecule has 202 valence electrons. The van der Waals surface area contributed by atoms with Crippen LogP contribution in [0.5, 0.6) is 5.75 Å². The minimum atomic E-state index is -0.294. The Morgan fingerprint density at radius 1 is 1.10 bits per heavy atom. The first kappa shape index (κ1) is 29.3. The molecule has 1 heterocycles. The van der Waals surface area contributed by atoms with Gasteiger partial charge in [0.2, 0.25) is 0 Å². The largest absolute Gasteiger partial charge is 0.684 e. The van der Waals surface area contributed by atoms with Gasteiger partial charge in [0, 0.05) is 37.0 Å². The van der Waals surface area contributed by atoms with E-state index in [1.165, 1.54) is 12.8 Å². The summed E-state index contributed by atoms with van der Waals surface area (Å²) in [4.78, 5) is 20.9. The molecule has 1 atom stereocenters. The Labute approximate surface area is 253 Å². The van der Waals surface area contributed by atoms with Crippen molar-refractivity contribution in [3.05, 3.63) is 82.4 Å². The van der Waals surface area contributed by atoms with Gasteiger partial charge in [-0.1, -0.05) is 72.8 Å². The molecule has 8 heteroatoms. The summed E-state index contributed by atoms with van der Waals surface area (Å²) < 4.78 is 11.3. The number of nitrogens with one attached hydrogen (secondary N) is 1. The molecule has 6 nitrogen and oxygen atoms in total. The van der Waals surface area contributed by atoms with Gasteiger partial charge in [0.15, 0.2) is 0 Å². The van der Waals surface area contributed by atoms with Crippen LogP contribution in [0.2, 0.25) is 5.02 Å². The van der Waals surface area contributed by atoms with Crippen LogP contribution in [-0.4, -0.2) is 35.2 Å². The summed E-state index contributed by atoms with van der Waals surface area (Å²) >= 11 is 6.76. The number of carbonyl (C=O) groups excluding carboxylic acids is 1. The quantitative estimate of drug-likeness (QED) is 0.126. The number of aromatic nitrogens is 2. The van der Waals surface area contributed by atoms with Crippen molar-refractivity contribution >= 4 is 34.3 Å². The molecule has 1 unspecified atom stereocenters. The van der Waals surface area contributed by atoms with Crippen LogP contribution in [0.25, 0.3) is 27.5 Å². The van der Waals surface area contributed by atoms with Gasteiger partial charge >= 0.3 is 5.97 Å². The smallest absolute Gasteiger partial charge is 0.306 e. The second kappa shape index (κ2) is 13.1. The summed E-state index contributed by atoms with van der Waals surface area (Å²) in [5, 5.41) is 5.29.